The number of hydrogen-bond acceptors (Lipinski definition) is 5. The SMILES string of the molecule is C=C(OCC)c1cc2c(-c3cn(C)nc3-c3ccccc3)ncnc2cc1OCC. The molecule has 2 aromatic carbocycles. The Morgan fingerprint density at radius 2 is 1.83 bits per heavy atom. The van der Waals surface area contributed by atoms with E-state index in [-0.39, 0.29) is 0 Å². The van der Waals surface area contributed by atoms with Gasteiger partial charge in [0.2, 0.25) is 0 Å². The quantitative estimate of drug-likeness (QED) is 0.404. The van der Waals surface area contributed by atoms with Gasteiger partial charge in [-0.2, -0.15) is 5.10 Å². The molecule has 30 heavy (non-hydrogen) atoms. The maximum atomic E-state index is 5.84. The molecular weight excluding hydrogens is 376 g/mol. The van der Waals surface area contributed by atoms with Crippen LogP contribution in [0.5, 0.6) is 5.75 Å². The summed E-state index contributed by atoms with van der Waals surface area (Å²) in [5.74, 6) is 1.26. The fourth-order valence-corrected chi connectivity index (χ4v) is 3.51. The number of ether oxygens (including phenoxy) is 2. The highest BCUT2D eigenvalue weighted by Gasteiger charge is 2.19. The highest BCUT2D eigenvalue weighted by atomic mass is 16.5. The second-order valence-electron chi connectivity index (χ2n) is 6.81. The zero-order chi connectivity index (χ0) is 21.1. The molecule has 0 atom stereocenters. The average Bonchev–Trinajstić information content (AvgIpc) is 3.15. The van der Waals surface area contributed by atoms with E-state index in [1.54, 1.807) is 11.0 Å². The molecule has 0 bridgehead atoms. The van der Waals surface area contributed by atoms with Crippen LogP contribution in [-0.4, -0.2) is 33.0 Å². The molecule has 2 heterocycles. The molecule has 0 N–H and O–H groups in total. The molecule has 0 unspecified atom stereocenters. The molecule has 4 aromatic rings. The van der Waals surface area contributed by atoms with E-state index >= 15 is 0 Å². The molecular formula is C24H24N4O2. The first kappa shape index (κ1) is 19.6. The Morgan fingerprint density at radius 3 is 2.57 bits per heavy atom. The van der Waals surface area contributed by atoms with Gasteiger partial charge in [-0.05, 0) is 19.9 Å². The molecule has 0 saturated carbocycles. The highest BCUT2D eigenvalue weighted by Crippen LogP contribution is 2.37. The normalized spacial score (nSPS) is 10.9. The largest absolute Gasteiger partial charge is 0.494 e. The summed E-state index contributed by atoms with van der Waals surface area (Å²) in [7, 11) is 1.91. The van der Waals surface area contributed by atoms with Gasteiger partial charge in [0.25, 0.3) is 0 Å². The predicted octanol–water partition coefficient (Wildman–Crippen LogP) is 5.10. The third-order valence-corrected chi connectivity index (χ3v) is 4.79. The van der Waals surface area contributed by atoms with Crippen LogP contribution in [0.2, 0.25) is 0 Å². The zero-order valence-electron chi connectivity index (χ0n) is 17.4. The Balaban J connectivity index is 1.95. The number of nitrogens with zero attached hydrogens (tertiary/aromatic N) is 4. The van der Waals surface area contributed by atoms with E-state index in [1.165, 1.54) is 0 Å². The monoisotopic (exact) mass is 400 g/mol. The van der Waals surface area contributed by atoms with Crippen LogP contribution in [0, 0.1) is 0 Å². The van der Waals surface area contributed by atoms with Gasteiger partial charge >= 0.3 is 0 Å². The molecule has 0 spiro atoms. The number of benzene rings is 2. The lowest BCUT2D eigenvalue weighted by atomic mass is 10.0. The molecule has 4 rings (SSSR count). The lowest BCUT2D eigenvalue weighted by Crippen LogP contribution is -2.00. The van der Waals surface area contributed by atoms with E-state index in [9.17, 15) is 0 Å². The summed E-state index contributed by atoms with van der Waals surface area (Å²) in [6.45, 7) is 9.03. The number of hydrogen-bond donors (Lipinski definition) is 0. The topological polar surface area (TPSA) is 62.1 Å². The molecule has 0 saturated heterocycles. The lowest BCUT2D eigenvalue weighted by Gasteiger charge is -2.15. The van der Waals surface area contributed by atoms with Crippen LogP contribution in [0.25, 0.3) is 39.2 Å². The second kappa shape index (κ2) is 8.37. The Morgan fingerprint density at radius 1 is 1.03 bits per heavy atom. The van der Waals surface area contributed by atoms with E-state index in [1.807, 2.05) is 69.6 Å². The fraction of sp³-hybridized carbons (Fsp3) is 0.208. The van der Waals surface area contributed by atoms with Crippen LogP contribution >= 0.6 is 0 Å². The van der Waals surface area contributed by atoms with Crippen LogP contribution in [-0.2, 0) is 11.8 Å². The van der Waals surface area contributed by atoms with Crippen molar-refractivity contribution in [1.82, 2.24) is 19.7 Å². The van der Waals surface area contributed by atoms with Gasteiger partial charge in [0.05, 0.1) is 30.0 Å². The van der Waals surface area contributed by atoms with E-state index in [2.05, 4.69) is 21.6 Å². The minimum absolute atomic E-state index is 0.529. The van der Waals surface area contributed by atoms with E-state index in [4.69, 9.17) is 9.47 Å². The molecule has 152 valence electrons. The smallest absolute Gasteiger partial charge is 0.132 e. The van der Waals surface area contributed by atoms with Crippen molar-refractivity contribution >= 4 is 16.7 Å². The first-order valence-electron chi connectivity index (χ1n) is 9.95. The third-order valence-electron chi connectivity index (χ3n) is 4.79. The Kier molecular flexibility index (Phi) is 5.48. The first-order chi connectivity index (χ1) is 14.6. The molecule has 0 aliphatic rings. The minimum Gasteiger partial charge on any atom is -0.494 e. The van der Waals surface area contributed by atoms with Crippen LogP contribution in [0.4, 0.5) is 0 Å². The van der Waals surface area contributed by atoms with E-state index < -0.39 is 0 Å². The van der Waals surface area contributed by atoms with Crippen molar-refractivity contribution in [3.8, 4) is 28.3 Å². The summed E-state index contributed by atoms with van der Waals surface area (Å²) >= 11 is 0. The Hall–Kier alpha value is -3.67. The summed E-state index contributed by atoms with van der Waals surface area (Å²) in [4.78, 5) is 9.10. The molecule has 0 fully saturated rings. The van der Waals surface area contributed by atoms with Crippen molar-refractivity contribution in [2.75, 3.05) is 13.2 Å². The second-order valence-corrected chi connectivity index (χ2v) is 6.81. The van der Waals surface area contributed by atoms with Gasteiger partial charge in [0, 0.05) is 35.8 Å². The van der Waals surface area contributed by atoms with Crippen LogP contribution in [0.1, 0.15) is 19.4 Å². The van der Waals surface area contributed by atoms with Crippen LogP contribution < -0.4 is 4.74 Å². The van der Waals surface area contributed by atoms with Crippen molar-refractivity contribution < 1.29 is 9.47 Å². The summed E-state index contributed by atoms with van der Waals surface area (Å²) < 4.78 is 13.3. The van der Waals surface area contributed by atoms with Crippen LogP contribution in [0.3, 0.4) is 0 Å². The van der Waals surface area contributed by atoms with Crippen molar-refractivity contribution in [3.05, 3.63) is 67.1 Å². The Bertz CT molecular complexity index is 1200. The van der Waals surface area contributed by atoms with Crippen molar-refractivity contribution in [3.63, 3.8) is 0 Å². The average molecular weight is 400 g/mol. The molecule has 6 heteroatoms. The summed E-state index contributed by atoms with van der Waals surface area (Å²) in [6.07, 6.45) is 3.56. The standard InChI is InChI=1S/C24H24N4O2/c1-5-29-16(3)18-12-19-21(13-22(18)30-6-2)25-15-26-24(19)20-14-28(4)27-23(20)17-10-8-7-9-11-17/h7-15H,3,5-6H2,1-2,4H3. The van der Waals surface area contributed by atoms with Crippen molar-refractivity contribution in [2.45, 2.75) is 13.8 Å². The maximum Gasteiger partial charge on any atom is 0.132 e. The predicted molar refractivity (Wildman–Crippen MR) is 119 cm³/mol. The molecule has 0 radical (unpaired) electrons. The number of aromatic nitrogens is 4. The van der Waals surface area contributed by atoms with E-state index in [0.717, 1.165) is 39.0 Å². The molecule has 0 aliphatic heterocycles. The highest BCUT2D eigenvalue weighted by molar-refractivity contribution is 5.98. The zero-order valence-corrected chi connectivity index (χ0v) is 17.4. The lowest BCUT2D eigenvalue weighted by molar-refractivity contribution is 0.293. The molecule has 0 aliphatic carbocycles. The van der Waals surface area contributed by atoms with Gasteiger partial charge < -0.3 is 9.47 Å². The van der Waals surface area contributed by atoms with Gasteiger partial charge in [-0.3, -0.25) is 4.68 Å². The first-order valence-corrected chi connectivity index (χ1v) is 9.95. The molecule has 2 aromatic heterocycles. The van der Waals surface area contributed by atoms with Gasteiger partial charge in [0.15, 0.2) is 0 Å². The summed E-state index contributed by atoms with van der Waals surface area (Å²) in [5, 5.41) is 5.58. The van der Waals surface area contributed by atoms with Crippen molar-refractivity contribution in [1.29, 1.82) is 0 Å². The number of fused-ring (bicyclic) bond motifs is 1. The molecule has 6 nitrogen and oxygen atoms in total. The fourth-order valence-electron chi connectivity index (χ4n) is 3.51. The third kappa shape index (κ3) is 3.64. The minimum atomic E-state index is 0.529. The van der Waals surface area contributed by atoms with Crippen molar-refractivity contribution in [2.24, 2.45) is 7.05 Å². The maximum absolute atomic E-state index is 5.84. The summed E-state index contributed by atoms with van der Waals surface area (Å²) in [5.41, 5.74) is 5.24. The summed E-state index contributed by atoms with van der Waals surface area (Å²) in [6, 6.07) is 14.0. The van der Waals surface area contributed by atoms with Gasteiger partial charge in [0.1, 0.15) is 23.5 Å². The Labute approximate surface area is 175 Å². The molecule has 0 amide bonds. The van der Waals surface area contributed by atoms with Gasteiger partial charge in [-0.1, -0.05) is 36.9 Å². The number of rotatable bonds is 7. The van der Waals surface area contributed by atoms with Gasteiger partial charge in [-0.15, -0.1) is 0 Å². The van der Waals surface area contributed by atoms with E-state index in [0.29, 0.717) is 24.7 Å². The van der Waals surface area contributed by atoms with Crippen LogP contribution in [0.15, 0.2) is 61.6 Å². The van der Waals surface area contributed by atoms with Gasteiger partial charge in [-0.25, -0.2) is 9.97 Å². The number of aryl methyl sites for hydroxylation is 1.